The van der Waals surface area contributed by atoms with Crippen molar-refractivity contribution in [1.29, 1.82) is 0 Å². The zero-order valence-electron chi connectivity index (χ0n) is 15.1. The van der Waals surface area contributed by atoms with Crippen LogP contribution >= 0.6 is 0 Å². The first-order chi connectivity index (χ1) is 13.2. The molecule has 3 aromatic rings. The van der Waals surface area contributed by atoms with Gasteiger partial charge in [0, 0.05) is 23.5 Å². The number of aliphatic hydroxyl groups is 1. The average Bonchev–Trinajstić information content (AvgIpc) is 3.09. The van der Waals surface area contributed by atoms with Crippen molar-refractivity contribution < 1.29 is 5.11 Å². The second-order valence-corrected chi connectivity index (χ2v) is 8.73. The van der Waals surface area contributed by atoms with Crippen LogP contribution in [-0.4, -0.2) is 36.3 Å². The molecule has 2 N–H and O–H groups in total. The van der Waals surface area contributed by atoms with E-state index in [1.54, 1.807) is 12.4 Å². The van der Waals surface area contributed by atoms with E-state index in [1.807, 2.05) is 35.0 Å². The Kier molecular flexibility index (Phi) is 3.18. The number of hydrogen-bond donors (Lipinski definition) is 2. The van der Waals surface area contributed by atoms with Gasteiger partial charge in [0.2, 0.25) is 0 Å². The molecule has 0 radical (unpaired) electrons. The minimum Gasteiger partial charge on any atom is -0.393 e. The van der Waals surface area contributed by atoms with Gasteiger partial charge in [0.25, 0.3) is 0 Å². The van der Waals surface area contributed by atoms with Crippen LogP contribution < -0.4 is 5.32 Å². The highest BCUT2D eigenvalue weighted by Gasteiger charge is 2.55. The summed E-state index contributed by atoms with van der Waals surface area (Å²) in [6.45, 7) is 0. The molecular formula is C21H23N5O. The van der Waals surface area contributed by atoms with Crippen LogP contribution in [0.3, 0.4) is 0 Å². The smallest absolute Gasteiger partial charge is 0.154 e. The number of anilines is 1. The molecule has 0 saturated heterocycles. The summed E-state index contributed by atoms with van der Waals surface area (Å²) in [6, 6.07) is 8.01. The second-order valence-electron chi connectivity index (χ2n) is 8.73. The van der Waals surface area contributed by atoms with Gasteiger partial charge < -0.3 is 10.4 Å². The highest BCUT2D eigenvalue weighted by Crippen LogP contribution is 2.56. The van der Waals surface area contributed by atoms with E-state index in [-0.39, 0.29) is 11.6 Å². The van der Waals surface area contributed by atoms with Gasteiger partial charge in [-0.3, -0.25) is 4.98 Å². The molecule has 4 saturated carbocycles. The Bertz CT molecular complexity index is 984. The van der Waals surface area contributed by atoms with E-state index >= 15 is 0 Å². The molecule has 3 heterocycles. The van der Waals surface area contributed by atoms with Gasteiger partial charge in [-0.15, -0.1) is 5.10 Å². The predicted molar refractivity (Wildman–Crippen MR) is 102 cm³/mol. The minimum atomic E-state index is -0.0983. The van der Waals surface area contributed by atoms with E-state index in [0.717, 1.165) is 41.5 Å². The van der Waals surface area contributed by atoms with Gasteiger partial charge in [0.1, 0.15) is 5.82 Å². The van der Waals surface area contributed by atoms with Crippen LogP contribution in [0.25, 0.3) is 16.9 Å². The molecule has 3 aromatic heterocycles. The fourth-order valence-electron chi connectivity index (χ4n) is 6.08. The fourth-order valence-corrected chi connectivity index (χ4v) is 6.08. The topological polar surface area (TPSA) is 75.3 Å². The lowest BCUT2D eigenvalue weighted by Gasteiger charge is -2.59. The SMILES string of the molecule is OC1[C@@H]2CC3C[C@H]1CC(Nc1ccc4ncc(-c5ccncc5)n4n1)(C3)C2. The molecule has 4 aliphatic carbocycles. The Morgan fingerprint density at radius 2 is 1.81 bits per heavy atom. The Morgan fingerprint density at radius 3 is 2.59 bits per heavy atom. The molecule has 0 aliphatic heterocycles. The van der Waals surface area contributed by atoms with Crippen LogP contribution in [0.4, 0.5) is 5.82 Å². The summed E-state index contributed by atoms with van der Waals surface area (Å²) in [4.78, 5) is 8.59. The zero-order chi connectivity index (χ0) is 18.0. The summed E-state index contributed by atoms with van der Waals surface area (Å²) >= 11 is 0. The third-order valence-electron chi connectivity index (χ3n) is 6.96. The van der Waals surface area contributed by atoms with E-state index in [2.05, 4.69) is 15.3 Å². The highest BCUT2D eigenvalue weighted by atomic mass is 16.3. The Hall–Kier alpha value is -2.47. The molecular weight excluding hydrogens is 338 g/mol. The number of nitrogens with one attached hydrogen (secondary N) is 1. The molecule has 4 aliphatic rings. The van der Waals surface area contributed by atoms with Crippen molar-refractivity contribution in [2.45, 2.75) is 43.7 Å². The molecule has 5 atom stereocenters. The lowest BCUT2D eigenvalue weighted by molar-refractivity contribution is -0.0961. The standard InChI is InChI=1S/C21H23N5O/c27-20-15-7-13-8-16(20)11-21(9-13,10-15)24-18-1-2-19-23-12-17(26(19)25-18)14-3-5-22-6-4-14/h1-6,12-13,15-16,20,27H,7-11H2,(H,24,25)/t13?,15-,16+,20?,21?. The van der Waals surface area contributed by atoms with Crippen LogP contribution in [0.15, 0.2) is 42.9 Å². The summed E-state index contributed by atoms with van der Waals surface area (Å²) < 4.78 is 1.91. The number of hydrogen-bond acceptors (Lipinski definition) is 5. The molecule has 138 valence electrons. The van der Waals surface area contributed by atoms with E-state index in [1.165, 1.54) is 19.3 Å². The van der Waals surface area contributed by atoms with Gasteiger partial charge in [-0.25, -0.2) is 9.50 Å². The van der Waals surface area contributed by atoms with Gasteiger partial charge >= 0.3 is 0 Å². The van der Waals surface area contributed by atoms with Crippen molar-refractivity contribution in [2.24, 2.45) is 17.8 Å². The van der Waals surface area contributed by atoms with Gasteiger partial charge in [-0.2, -0.15) is 0 Å². The fraction of sp³-hybridized carbons (Fsp3) is 0.476. The molecule has 3 unspecified atom stereocenters. The first-order valence-corrected chi connectivity index (χ1v) is 9.91. The molecule has 7 rings (SSSR count). The Morgan fingerprint density at radius 1 is 1.04 bits per heavy atom. The van der Waals surface area contributed by atoms with Crippen molar-refractivity contribution in [3.63, 3.8) is 0 Å². The number of fused-ring (bicyclic) bond motifs is 1. The molecule has 6 nitrogen and oxygen atoms in total. The number of aromatic nitrogens is 4. The van der Waals surface area contributed by atoms with E-state index < -0.39 is 0 Å². The van der Waals surface area contributed by atoms with Gasteiger partial charge in [0.05, 0.1) is 18.0 Å². The monoisotopic (exact) mass is 361 g/mol. The van der Waals surface area contributed by atoms with Crippen LogP contribution in [-0.2, 0) is 0 Å². The van der Waals surface area contributed by atoms with Crippen molar-refractivity contribution in [1.82, 2.24) is 19.6 Å². The number of rotatable bonds is 3. The van der Waals surface area contributed by atoms with E-state index in [4.69, 9.17) is 5.10 Å². The Labute approximate surface area is 157 Å². The quantitative estimate of drug-likeness (QED) is 0.750. The summed E-state index contributed by atoms with van der Waals surface area (Å²) in [5.41, 5.74) is 2.96. The van der Waals surface area contributed by atoms with Crippen molar-refractivity contribution in [3.05, 3.63) is 42.9 Å². The van der Waals surface area contributed by atoms with Crippen molar-refractivity contribution in [2.75, 3.05) is 5.32 Å². The first-order valence-electron chi connectivity index (χ1n) is 9.91. The normalized spacial score (nSPS) is 34.3. The number of pyridine rings is 1. The minimum absolute atomic E-state index is 0.0911. The molecule has 0 amide bonds. The molecule has 0 spiro atoms. The second kappa shape index (κ2) is 5.52. The molecule has 6 heteroatoms. The molecule has 4 bridgehead atoms. The lowest BCUT2D eigenvalue weighted by atomic mass is 9.52. The first kappa shape index (κ1) is 15.6. The molecule has 27 heavy (non-hydrogen) atoms. The maximum atomic E-state index is 10.5. The van der Waals surface area contributed by atoms with Gasteiger partial charge in [-0.05, 0) is 74.1 Å². The zero-order valence-corrected chi connectivity index (χ0v) is 15.1. The van der Waals surface area contributed by atoms with Crippen LogP contribution in [0.2, 0.25) is 0 Å². The number of aliphatic hydroxyl groups excluding tert-OH is 1. The lowest BCUT2D eigenvalue weighted by Crippen LogP contribution is -2.60. The predicted octanol–water partition coefficient (Wildman–Crippen LogP) is 3.14. The van der Waals surface area contributed by atoms with Crippen LogP contribution in [0.5, 0.6) is 0 Å². The van der Waals surface area contributed by atoms with E-state index in [9.17, 15) is 5.11 Å². The third-order valence-corrected chi connectivity index (χ3v) is 6.96. The number of imidazole rings is 1. The van der Waals surface area contributed by atoms with Crippen LogP contribution in [0, 0.1) is 17.8 Å². The van der Waals surface area contributed by atoms with Crippen molar-refractivity contribution >= 4 is 11.5 Å². The third kappa shape index (κ3) is 2.39. The Balaban J connectivity index is 1.36. The van der Waals surface area contributed by atoms with Gasteiger partial charge in [-0.1, -0.05) is 0 Å². The summed E-state index contributed by atoms with van der Waals surface area (Å²) in [7, 11) is 0. The maximum Gasteiger partial charge on any atom is 0.154 e. The maximum absolute atomic E-state index is 10.5. The highest BCUT2D eigenvalue weighted by molar-refractivity contribution is 5.63. The summed E-state index contributed by atoms with van der Waals surface area (Å²) in [6.07, 6.45) is 11.1. The largest absolute Gasteiger partial charge is 0.393 e. The molecule has 0 aromatic carbocycles. The summed E-state index contributed by atoms with van der Waals surface area (Å²) in [5, 5.41) is 19.2. The molecule has 4 fully saturated rings. The summed E-state index contributed by atoms with van der Waals surface area (Å²) in [5.74, 6) is 2.55. The van der Waals surface area contributed by atoms with Gasteiger partial charge in [0.15, 0.2) is 5.65 Å². The van der Waals surface area contributed by atoms with Crippen LogP contribution in [0.1, 0.15) is 32.1 Å². The average molecular weight is 361 g/mol. The van der Waals surface area contributed by atoms with E-state index in [0.29, 0.717) is 11.8 Å². The number of nitrogens with zero attached hydrogens (tertiary/aromatic N) is 4. The van der Waals surface area contributed by atoms with Crippen molar-refractivity contribution in [3.8, 4) is 11.3 Å².